The van der Waals surface area contributed by atoms with E-state index in [0.717, 1.165) is 12.0 Å². The van der Waals surface area contributed by atoms with Crippen LogP contribution in [-0.2, 0) is 16.1 Å². The van der Waals surface area contributed by atoms with Gasteiger partial charge in [0, 0.05) is 31.7 Å². The zero-order chi connectivity index (χ0) is 30.7. The molecule has 4 aromatic rings. The fourth-order valence-electron chi connectivity index (χ4n) is 5.46. The van der Waals surface area contributed by atoms with Crippen LogP contribution in [0, 0.1) is 19.8 Å². The van der Waals surface area contributed by atoms with Crippen LogP contribution in [0.15, 0.2) is 60.8 Å². The summed E-state index contributed by atoms with van der Waals surface area (Å²) in [4.78, 5) is 37.5. The van der Waals surface area contributed by atoms with E-state index < -0.39 is 17.7 Å². The number of hydrogen-bond donors (Lipinski definition) is 1. The number of imidazole rings is 2. The highest BCUT2D eigenvalue weighted by molar-refractivity contribution is 6.46. The molecule has 0 radical (unpaired) electrons. The van der Waals surface area contributed by atoms with Crippen LogP contribution >= 0.6 is 0 Å². The number of carbonyl (C=O) groups is 2. The van der Waals surface area contributed by atoms with Crippen molar-refractivity contribution >= 4 is 23.1 Å². The van der Waals surface area contributed by atoms with Crippen LogP contribution in [0.2, 0.25) is 0 Å². The maximum absolute atomic E-state index is 13.7. The minimum atomic E-state index is -0.836. The summed E-state index contributed by atoms with van der Waals surface area (Å²) in [7, 11) is 0. The summed E-state index contributed by atoms with van der Waals surface area (Å²) in [6.07, 6.45) is 8.60. The number of carbonyl (C=O) groups excluding carboxylic acids is 2. The van der Waals surface area contributed by atoms with Crippen molar-refractivity contribution < 1.29 is 24.2 Å². The lowest BCUT2D eigenvalue weighted by Gasteiger charge is -2.26. The molecule has 10 heteroatoms. The number of fused-ring (bicyclic) bond motifs is 1. The molecule has 0 bridgehead atoms. The van der Waals surface area contributed by atoms with Gasteiger partial charge in [0.2, 0.25) is 0 Å². The van der Waals surface area contributed by atoms with Gasteiger partial charge in [-0.2, -0.15) is 0 Å². The third kappa shape index (κ3) is 6.00. The summed E-state index contributed by atoms with van der Waals surface area (Å²) in [5.74, 6) is -0.0965. The number of rotatable bonds is 12. The number of aliphatic hydroxyl groups is 1. The van der Waals surface area contributed by atoms with Crippen molar-refractivity contribution in [3.8, 4) is 11.5 Å². The standard InChI is InChI=1S/C33H39N5O5/c1-6-42-26-19-24(10-11-25(26)43-18-12-21(2)3)29-27(30(39)28-23(5)37-15-7-9-22(4)32(37)35-28)31(40)33(41)38(29)16-8-14-36-17-13-34-20-36/h7,9-11,13,15,17,19-21,29,39H,6,8,12,14,16,18H2,1-5H3/b30-27+. The van der Waals surface area contributed by atoms with Gasteiger partial charge in [-0.15, -0.1) is 0 Å². The van der Waals surface area contributed by atoms with Crippen LogP contribution in [0.4, 0.5) is 0 Å². The van der Waals surface area contributed by atoms with Crippen LogP contribution in [0.1, 0.15) is 62.2 Å². The molecule has 1 amide bonds. The molecule has 1 fully saturated rings. The number of nitrogens with zero attached hydrogens (tertiary/aromatic N) is 5. The maximum atomic E-state index is 13.7. The zero-order valence-electron chi connectivity index (χ0n) is 25.4. The van der Waals surface area contributed by atoms with Crippen molar-refractivity contribution in [2.45, 2.75) is 60.0 Å². The predicted molar refractivity (Wildman–Crippen MR) is 163 cm³/mol. The average molecular weight is 586 g/mol. The Morgan fingerprint density at radius 2 is 1.88 bits per heavy atom. The smallest absolute Gasteiger partial charge is 0.295 e. The number of aliphatic hydroxyl groups excluding tert-OH is 1. The summed E-state index contributed by atoms with van der Waals surface area (Å²) in [6.45, 7) is 11.8. The first-order valence-corrected chi connectivity index (χ1v) is 14.8. The first-order chi connectivity index (χ1) is 20.7. The molecule has 1 unspecified atom stereocenters. The Labute approximate surface area is 251 Å². The van der Waals surface area contributed by atoms with Crippen molar-refractivity contribution in [1.29, 1.82) is 0 Å². The van der Waals surface area contributed by atoms with Gasteiger partial charge in [-0.1, -0.05) is 26.0 Å². The van der Waals surface area contributed by atoms with Crippen LogP contribution in [0.5, 0.6) is 11.5 Å². The fourth-order valence-corrected chi connectivity index (χ4v) is 5.46. The van der Waals surface area contributed by atoms with Gasteiger partial charge in [0.25, 0.3) is 11.7 Å². The van der Waals surface area contributed by atoms with E-state index in [2.05, 4.69) is 18.8 Å². The number of ether oxygens (including phenoxy) is 2. The largest absolute Gasteiger partial charge is 0.505 e. The van der Waals surface area contributed by atoms with E-state index in [1.165, 1.54) is 4.90 Å². The number of Topliss-reactive ketones (excluding diaryl/α,β-unsaturated/α-hetero) is 1. The van der Waals surface area contributed by atoms with Gasteiger partial charge >= 0.3 is 0 Å². The highest BCUT2D eigenvalue weighted by atomic mass is 16.5. The number of aryl methyl sites for hydroxylation is 3. The van der Waals surface area contributed by atoms with E-state index in [-0.39, 0.29) is 17.0 Å². The molecule has 0 saturated carbocycles. The van der Waals surface area contributed by atoms with Crippen molar-refractivity contribution in [1.82, 2.24) is 23.8 Å². The van der Waals surface area contributed by atoms with Gasteiger partial charge in [0.15, 0.2) is 17.3 Å². The molecular formula is C33H39N5O5. The minimum Gasteiger partial charge on any atom is -0.505 e. The topological polar surface area (TPSA) is 111 Å². The Morgan fingerprint density at radius 1 is 1.07 bits per heavy atom. The third-order valence-electron chi connectivity index (χ3n) is 7.76. The second-order valence-corrected chi connectivity index (χ2v) is 11.2. The van der Waals surface area contributed by atoms with Gasteiger partial charge in [-0.3, -0.25) is 9.59 Å². The van der Waals surface area contributed by atoms with E-state index >= 15 is 0 Å². The SMILES string of the molecule is CCOc1cc(C2/C(=C(\O)c3nc4c(C)cccn4c3C)C(=O)C(=O)N2CCCn2ccnc2)ccc1OCCC(C)C. The quantitative estimate of drug-likeness (QED) is 0.133. The number of benzene rings is 1. The Balaban J connectivity index is 1.59. The normalized spacial score (nSPS) is 16.5. The molecule has 0 spiro atoms. The van der Waals surface area contributed by atoms with Gasteiger partial charge < -0.3 is 28.4 Å². The summed E-state index contributed by atoms with van der Waals surface area (Å²) in [5.41, 5.74) is 3.19. The van der Waals surface area contributed by atoms with Gasteiger partial charge in [0.05, 0.1) is 36.8 Å². The average Bonchev–Trinajstić information content (AvgIpc) is 3.68. The molecule has 1 aliphatic heterocycles. The molecule has 226 valence electrons. The summed E-state index contributed by atoms with van der Waals surface area (Å²) in [5, 5.41) is 11.7. The highest BCUT2D eigenvalue weighted by Crippen LogP contribution is 2.42. The molecule has 1 atom stereocenters. The summed E-state index contributed by atoms with van der Waals surface area (Å²) < 4.78 is 15.8. The second-order valence-electron chi connectivity index (χ2n) is 11.2. The number of likely N-dealkylation sites (tertiary alicyclic amines) is 1. The molecule has 1 N–H and O–H groups in total. The number of ketones is 1. The molecule has 3 aromatic heterocycles. The summed E-state index contributed by atoms with van der Waals surface area (Å²) in [6, 6.07) is 8.45. The van der Waals surface area contributed by atoms with Crippen LogP contribution < -0.4 is 9.47 Å². The van der Waals surface area contributed by atoms with Crippen molar-refractivity contribution in [3.63, 3.8) is 0 Å². The predicted octanol–water partition coefficient (Wildman–Crippen LogP) is 5.48. The number of amides is 1. The number of pyridine rings is 1. The fraction of sp³-hybridized carbons (Fsp3) is 0.394. The minimum absolute atomic E-state index is 0.00714. The molecule has 1 saturated heterocycles. The lowest BCUT2D eigenvalue weighted by molar-refractivity contribution is -0.139. The van der Waals surface area contributed by atoms with E-state index in [1.807, 2.05) is 72.5 Å². The van der Waals surface area contributed by atoms with Crippen LogP contribution in [0.3, 0.4) is 0 Å². The van der Waals surface area contributed by atoms with E-state index in [1.54, 1.807) is 12.5 Å². The van der Waals surface area contributed by atoms with E-state index in [0.29, 0.717) is 67.0 Å². The molecule has 0 aliphatic carbocycles. The Bertz CT molecular complexity index is 1650. The Hall–Kier alpha value is -4.60. The Morgan fingerprint density at radius 3 is 2.58 bits per heavy atom. The molecule has 43 heavy (non-hydrogen) atoms. The van der Waals surface area contributed by atoms with Gasteiger partial charge in [-0.05, 0) is 68.9 Å². The maximum Gasteiger partial charge on any atom is 0.295 e. The molecule has 4 heterocycles. The van der Waals surface area contributed by atoms with Crippen molar-refractivity contribution in [3.05, 3.63) is 83.3 Å². The van der Waals surface area contributed by atoms with Crippen molar-refractivity contribution in [2.75, 3.05) is 19.8 Å². The molecular weight excluding hydrogens is 546 g/mol. The highest BCUT2D eigenvalue weighted by Gasteiger charge is 2.46. The number of hydrogen-bond acceptors (Lipinski definition) is 7. The van der Waals surface area contributed by atoms with Gasteiger partial charge in [-0.25, -0.2) is 9.97 Å². The van der Waals surface area contributed by atoms with Crippen LogP contribution in [0.25, 0.3) is 11.4 Å². The summed E-state index contributed by atoms with van der Waals surface area (Å²) >= 11 is 0. The van der Waals surface area contributed by atoms with E-state index in [9.17, 15) is 14.7 Å². The van der Waals surface area contributed by atoms with Crippen molar-refractivity contribution in [2.24, 2.45) is 5.92 Å². The first-order valence-electron chi connectivity index (χ1n) is 14.8. The first kappa shape index (κ1) is 29.9. The monoisotopic (exact) mass is 585 g/mol. The second kappa shape index (κ2) is 12.7. The lowest BCUT2D eigenvalue weighted by atomic mass is 9.96. The zero-order valence-corrected chi connectivity index (χ0v) is 25.4. The van der Waals surface area contributed by atoms with Crippen LogP contribution in [-0.4, -0.2) is 60.4 Å². The molecule has 10 nitrogen and oxygen atoms in total. The Kier molecular flexibility index (Phi) is 8.84. The van der Waals surface area contributed by atoms with Gasteiger partial charge in [0.1, 0.15) is 11.3 Å². The molecule has 1 aromatic carbocycles. The van der Waals surface area contributed by atoms with E-state index in [4.69, 9.17) is 14.5 Å². The number of aromatic nitrogens is 4. The third-order valence-corrected chi connectivity index (χ3v) is 7.76. The molecule has 5 rings (SSSR count). The lowest BCUT2D eigenvalue weighted by Crippen LogP contribution is -2.31. The molecule has 1 aliphatic rings.